The lowest BCUT2D eigenvalue weighted by atomic mass is 10.2. The van der Waals surface area contributed by atoms with Crippen LogP contribution in [0.4, 0.5) is 0 Å². The Hall–Kier alpha value is -1.35. The smallest absolute Gasteiger partial charge is 0.193 e. The van der Waals surface area contributed by atoms with Crippen molar-refractivity contribution < 1.29 is 4.74 Å². The lowest BCUT2D eigenvalue weighted by Crippen LogP contribution is -2.39. The summed E-state index contributed by atoms with van der Waals surface area (Å²) in [4.78, 5) is 12.5. The molecule has 0 atom stereocenters. The van der Waals surface area contributed by atoms with E-state index in [1.165, 1.54) is 21.1 Å². The molecule has 27 heavy (non-hydrogen) atoms. The second-order valence-electron chi connectivity index (χ2n) is 6.12. The highest BCUT2D eigenvalue weighted by Crippen LogP contribution is 2.18. The zero-order valence-corrected chi connectivity index (χ0v) is 20.1. The lowest BCUT2D eigenvalue weighted by Gasteiger charge is -2.22. The van der Waals surface area contributed by atoms with Gasteiger partial charge in [-0.05, 0) is 38.0 Å². The van der Waals surface area contributed by atoms with Gasteiger partial charge in [-0.2, -0.15) is 0 Å². The molecule has 1 heterocycles. The van der Waals surface area contributed by atoms with Gasteiger partial charge in [0.15, 0.2) is 5.96 Å². The molecular weight excluding hydrogens is 471 g/mol. The highest BCUT2D eigenvalue weighted by atomic mass is 127. The quantitative estimate of drug-likeness (QED) is 0.333. The number of aliphatic imine (C=N–C) groups is 1. The lowest BCUT2D eigenvalue weighted by molar-refractivity contribution is 0.340. The maximum Gasteiger partial charge on any atom is 0.193 e. The van der Waals surface area contributed by atoms with Crippen LogP contribution in [0.15, 0.2) is 29.3 Å². The predicted molar refractivity (Wildman–Crippen MR) is 126 cm³/mol. The van der Waals surface area contributed by atoms with Crippen LogP contribution in [0.3, 0.4) is 0 Å². The summed E-state index contributed by atoms with van der Waals surface area (Å²) in [5, 5.41) is 4.63. The number of hydrogen-bond donors (Lipinski definition) is 1. The van der Waals surface area contributed by atoms with Crippen molar-refractivity contribution in [2.75, 3.05) is 27.2 Å². The van der Waals surface area contributed by atoms with Gasteiger partial charge in [0, 0.05) is 38.5 Å². The molecule has 0 amide bonds. The van der Waals surface area contributed by atoms with E-state index in [0.717, 1.165) is 37.6 Å². The first-order chi connectivity index (χ1) is 12.6. The van der Waals surface area contributed by atoms with Crippen molar-refractivity contribution >= 4 is 41.3 Å². The molecule has 0 saturated heterocycles. The highest BCUT2D eigenvalue weighted by Gasteiger charge is 2.09. The van der Waals surface area contributed by atoms with Crippen molar-refractivity contribution in [3.05, 3.63) is 45.4 Å². The van der Waals surface area contributed by atoms with Crippen LogP contribution in [0.2, 0.25) is 0 Å². The number of hydrogen-bond acceptors (Lipinski definition) is 4. The van der Waals surface area contributed by atoms with E-state index in [1.807, 2.05) is 26.1 Å². The van der Waals surface area contributed by atoms with Gasteiger partial charge in [0.05, 0.1) is 17.3 Å². The van der Waals surface area contributed by atoms with E-state index in [4.69, 9.17) is 9.72 Å². The predicted octanol–water partition coefficient (Wildman–Crippen LogP) is 4.28. The number of aryl methyl sites for hydroxylation is 2. The van der Waals surface area contributed by atoms with Gasteiger partial charge < -0.3 is 15.0 Å². The number of rotatable bonds is 8. The van der Waals surface area contributed by atoms with Gasteiger partial charge in [0.25, 0.3) is 0 Å². The third-order valence-electron chi connectivity index (χ3n) is 4.12. The van der Waals surface area contributed by atoms with E-state index in [9.17, 15) is 0 Å². The molecule has 150 valence electrons. The van der Waals surface area contributed by atoms with Crippen molar-refractivity contribution in [3.8, 4) is 5.75 Å². The van der Waals surface area contributed by atoms with Gasteiger partial charge in [-0.25, -0.2) is 4.98 Å². The van der Waals surface area contributed by atoms with Crippen LogP contribution in [0.1, 0.15) is 35.0 Å². The minimum absolute atomic E-state index is 0. The molecule has 1 aromatic heterocycles. The van der Waals surface area contributed by atoms with Gasteiger partial charge in [-0.1, -0.05) is 19.1 Å². The molecule has 0 saturated carbocycles. The Bertz CT molecular complexity index is 715. The Morgan fingerprint density at radius 1 is 1.26 bits per heavy atom. The van der Waals surface area contributed by atoms with Crippen LogP contribution in [0, 0.1) is 6.92 Å². The number of aromatic nitrogens is 1. The fourth-order valence-electron chi connectivity index (χ4n) is 2.80. The Kier molecular flexibility index (Phi) is 10.7. The molecule has 7 heteroatoms. The fraction of sp³-hybridized carbons (Fsp3) is 0.500. The minimum atomic E-state index is 0. The van der Waals surface area contributed by atoms with Crippen LogP contribution in [-0.2, 0) is 19.4 Å². The molecule has 0 spiro atoms. The van der Waals surface area contributed by atoms with Gasteiger partial charge in [-0.3, -0.25) is 4.99 Å². The third kappa shape index (κ3) is 7.29. The molecular formula is C20H31IN4OS. The zero-order valence-electron chi connectivity index (χ0n) is 16.9. The molecule has 5 nitrogen and oxygen atoms in total. The summed E-state index contributed by atoms with van der Waals surface area (Å²) < 4.78 is 5.49. The summed E-state index contributed by atoms with van der Waals surface area (Å²) in [6.45, 7) is 8.61. The van der Waals surface area contributed by atoms with Crippen LogP contribution in [0.25, 0.3) is 0 Å². The third-order valence-corrected chi connectivity index (χ3v) is 5.19. The van der Waals surface area contributed by atoms with Crippen LogP contribution >= 0.6 is 35.3 Å². The number of thiazole rings is 1. The summed E-state index contributed by atoms with van der Waals surface area (Å²) in [6, 6.07) is 8.22. The van der Waals surface area contributed by atoms with Gasteiger partial charge in [-0.15, -0.1) is 35.3 Å². The monoisotopic (exact) mass is 502 g/mol. The van der Waals surface area contributed by atoms with E-state index in [-0.39, 0.29) is 24.0 Å². The average Bonchev–Trinajstić information content (AvgIpc) is 3.00. The Balaban J connectivity index is 0.00000364. The first kappa shape index (κ1) is 23.7. The summed E-state index contributed by atoms with van der Waals surface area (Å²) >= 11 is 1.80. The number of nitrogens with zero attached hydrogens (tertiary/aromatic N) is 3. The van der Waals surface area contributed by atoms with E-state index in [2.05, 4.69) is 48.2 Å². The van der Waals surface area contributed by atoms with Gasteiger partial charge >= 0.3 is 0 Å². The normalized spacial score (nSPS) is 11.1. The van der Waals surface area contributed by atoms with Crippen molar-refractivity contribution in [3.63, 3.8) is 0 Å². The molecule has 0 aliphatic heterocycles. The van der Waals surface area contributed by atoms with Gasteiger partial charge in [0.1, 0.15) is 5.75 Å². The number of nitrogens with one attached hydrogen (secondary N) is 1. The first-order valence-electron chi connectivity index (χ1n) is 9.16. The number of halogens is 1. The van der Waals surface area contributed by atoms with E-state index in [0.29, 0.717) is 6.61 Å². The largest absolute Gasteiger partial charge is 0.494 e. The zero-order chi connectivity index (χ0) is 18.9. The average molecular weight is 502 g/mol. The molecule has 0 bridgehead atoms. The highest BCUT2D eigenvalue weighted by molar-refractivity contribution is 14.0. The second-order valence-corrected chi connectivity index (χ2v) is 7.41. The summed E-state index contributed by atoms with van der Waals surface area (Å²) in [5.74, 6) is 1.80. The van der Waals surface area contributed by atoms with Crippen LogP contribution < -0.4 is 10.1 Å². The molecule has 0 unspecified atom stereocenters. The van der Waals surface area contributed by atoms with Crippen LogP contribution in [-0.4, -0.2) is 43.1 Å². The van der Waals surface area contributed by atoms with E-state index in [1.54, 1.807) is 11.3 Å². The number of guanidine groups is 1. The molecule has 2 rings (SSSR count). The second kappa shape index (κ2) is 12.2. The van der Waals surface area contributed by atoms with Crippen molar-refractivity contribution in [1.82, 2.24) is 15.2 Å². The van der Waals surface area contributed by atoms with Gasteiger partial charge in [0.2, 0.25) is 0 Å². The summed E-state index contributed by atoms with van der Waals surface area (Å²) in [7, 11) is 3.87. The topological polar surface area (TPSA) is 49.8 Å². The molecule has 0 radical (unpaired) electrons. The summed E-state index contributed by atoms with van der Waals surface area (Å²) in [5.41, 5.74) is 2.45. The Morgan fingerprint density at radius 3 is 2.52 bits per heavy atom. The standard InChI is InChI=1S/C20H30N4OS.HI/c1-6-18-15(3)26-19(23-18)12-13-22-20(21-4)24(5)14-16-8-10-17(11-9-16)25-7-2;/h8-11H,6-7,12-14H2,1-5H3,(H,21,22);1H. The number of benzene rings is 1. The number of ether oxygens (including phenoxy) is 1. The van der Waals surface area contributed by atoms with Crippen LogP contribution in [0.5, 0.6) is 5.75 Å². The molecule has 1 aromatic carbocycles. The maximum absolute atomic E-state index is 5.49. The fourth-order valence-corrected chi connectivity index (χ4v) is 3.82. The first-order valence-corrected chi connectivity index (χ1v) is 9.97. The molecule has 0 aliphatic rings. The SMILES string of the molecule is CCOc1ccc(CN(C)C(=NC)NCCc2nc(CC)c(C)s2)cc1.I. The van der Waals surface area contributed by atoms with E-state index >= 15 is 0 Å². The molecule has 0 aliphatic carbocycles. The maximum atomic E-state index is 5.49. The summed E-state index contributed by atoms with van der Waals surface area (Å²) in [6.07, 6.45) is 1.92. The molecule has 0 fully saturated rings. The van der Waals surface area contributed by atoms with Crippen molar-refractivity contribution in [1.29, 1.82) is 0 Å². The minimum Gasteiger partial charge on any atom is -0.494 e. The van der Waals surface area contributed by atoms with Crippen molar-refractivity contribution in [2.45, 2.75) is 40.2 Å². The van der Waals surface area contributed by atoms with Crippen molar-refractivity contribution in [2.24, 2.45) is 4.99 Å². The Labute approximate surface area is 184 Å². The molecule has 1 N–H and O–H groups in total. The Morgan fingerprint density at radius 2 is 1.96 bits per heavy atom. The molecule has 2 aromatic rings. The van der Waals surface area contributed by atoms with E-state index < -0.39 is 0 Å².